The minimum atomic E-state index is -0.769. The Labute approximate surface area is 229 Å². The summed E-state index contributed by atoms with van der Waals surface area (Å²) in [6.07, 6.45) is 4.40. The van der Waals surface area contributed by atoms with Gasteiger partial charge < -0.3 is 26.3 Å². The zero-order valence-corrected chi connectivity index (χ0v) is 22.4. The number of rotatable bonds is 8. The molecule has 2 heterocycles. The monoisotopic (exact) mass is 523 g/mol. The molecule has 39 heavy (non-hydrogen) atoms. The molecule has 0 radical (unpaired) electrons. The molecule has 4 aromatic rings. The Morgan fingerprint density at radius 3 is 2.44 bits per heavy atom. The van der Waals surface area contributed by atoms with Crippen LogP contribution in [0.25, 0.3) is 10.9 Å². The number of nitrogens with one attached hydrogen (secondary N) is 3. The number of carbonyl (C=O) groups excluding carboxylic acids is 2. The molecule has 2 atom stereocenters. The van der Waals surface area contributed by atoms with Crippen LogP contribution in [0.5, 0.6) is 0 Å². The van der Waals surface area contributed by atoms with Crippen LogP contribution in [-0.2, 0) is 11.2 Å². The molecule has 1 aromatic heterocycles. The van der Waals surface area contributed by atoms with Crippen LogP contribution < -0.4 is 16.4 Å². The quantitative estimate of drug-likeness (QED) is 0.250. The normalized spacial score (nSPS) is 15.6. The van der Waals surface area contributed by atoms with E-state index in [1.165, 1.54) is 5.56 Å². The highest BCUT2D eigenvalue weighted by atomic mass is 16.2. The van der Waals surface area contributed by atoms with Crippen molar-refractivity contribution in [2.45, 2.75) is 44.1 Å². The van der Waals surface area contributed by atoms with Crippen LogP contribution in [0.15, 0.2) is 85.1 Å². The van der Waals surface area contributed by atoms with Gasteiger partial charge in [0, 0.05) is 41.8 Å². The molecule has 1 saturated heterocycles. The smallest absolute Gasteiger partial charge is 0.318 e. The second-order valence-corrected chi connectivity index (χ2v) is 10.4. The Balaban J connectivity index is 1.35. The Bertz CT molecular complexity index is 1410. The molecule has 1 aliphatic rings. The SMILES string of the molecule is C[C@H](c1c[nH]c2ccccc12)[C@@H](NC(=O)N1CCC(c2ccccc2)CC1)C(=O)Nc1ccccc1CCN. The largest absolute Gasteiger partial charge is 0.361 e. The average molecular weight is 524 g/mol. The number of hydrogen-bond acceptors (Lipinski definition) is 3. The topological polar surface area (TPSA) is 103 Å². The first-order valence-corrected chi connectivity index (χ1v) is 13.8. The molecule has 3 aromatic carbocycles. The molecular formula is C32H37N5O2. The summed E-state index contributed by atoms with van der Waals surface area (Å²) in [5.74, 6) is -0.0723. The van der Waals surface area contributed by atoms with Crippen molar-refractivity contribution >= 4 is 28.5 Å². The van der Waals surface area contributed by atoms with Gasteiger partial charge in [0.2, 0.25) is 5.91 Å². The summed E-state index contributed by atoms with van der Waals surface area (Å²) in [7, 11) is 0. The van der Waals surface area contributed by atoms with Crippen LogP contribution in [0.4, 0.5) is 10.5 Å². The lowest BCUT2D eigenvalue weighted by molar-refractivity contribution is -0.118. The molecule has 0 saturated carbocycles. The van der Waals surface area contributed by atoms with Crippen LogP contribution >= 0.6 is 0 Å². The Hall–Kier alpha value is -4.10. The number of hydrogen-bond donors (Lipinski definition) is 4. The van der Waals surface area contributed by atoms with Gasteiger partial charge >= 0.3 is 6.03 Å². The van der Waals surface area contributed by atoms with Crippen molar-refractivity contribution in [2.75, 3.05) is 25.0 Å². The molecule has 202 valence electrons. The van der Waals surface area contributed by atoms with Gasteiger partial charge in [0.15, 0.2) is 0 Å². The standard InChI is InChI=1S/C32H37N5O2/c1-22(27-21-34-29-14-8-6-12-26(27)29)30(31(38)35-28-13-7-5-11-25(28)15-18-33)36-32(39)37-19-16-24(17-20-37)23-9-3-2-4-10-23/h2-14,21-22,24,30,34H,15-20,33H2,1H3,(H,35,38)(H,36,39)/t22-,30-/m1/s1. The highest BCUT2D eigenvalue weighted by Crippen LogP contribution is 2.30. The maximum absolute atomic E-state index is 13.8. The minimum Gasteiger partial charge on any atom is -0.361 e. The first-order valence-electron chi connectivity index (χ1n) is 13.8. The number of H-pyrrole nitrogens is 1. The summed E-state index contributed by atoms with van der Waals surface area (Å²) < 4.78 is 0. The maximum atomic E-state index is 13.8. The van der Waals surface area contributed by atoms with Crippen molar-refractivity contribution in [1.29, 1.82) is 0 Å². The number of benzene rings is 3. The fourth-order valence-electron chi connectivity index (χ4n) is 5.66. The number of amides is 3. The zero-order chi connectivity index (χ0) is 27.2. The van der Waals surface area contributed by atoms with Gasteiger partial charge in [-0.25, -0.2) is 4.79 Å². The molecule has 0 bridgehead atoms. The summed E-state index contributed by atoms with van der Waals surface area (Å²) in [4.78, 5) is 32.5. The van der Waals surface area contributed by atoms with E-state index in [9.17, 15) is 9.59 Å². The molecule has 5 N–H and O–H groups in total. The van der Waals surface area contributed by atoms with E-state index in [-0.39, 0.29) is 17.9 Å². The third-order valence-electron chi connectivity index (χ3n) is 7.92. The van der Waals surface area contributed by atoms with E-state index in [0.29, 0.717) is 32.0 Å². The van der Waals surface area contributed by atoms with Crippen LogP contribution in [-0.4, -0.2) is 47.5 Å². The summed E-state index contributed by atoms with van der Waals surface area (Å²) >= 11 is 0. The van der Waals surface area contributed by atoms with Gasteiger partial charge in [-0.15, -0.1) is 0 Å². The predicted molar refractivity (Wildman–Crippen MR) is 157 cm³/mol. The Morgan fingerprint density at radius 2 is 1.67 bits per heavy atom. The second kappa shape index (κ2) is 12.2. The lowest BCUT2D eigenvalue weighted by Gasteiger charge is -2.34. The van der Waals surface area contributed by atoms with E-state index in [4.69, 9.17) is 5.73 Å². The third kappa shape index (κ3) is 5.99. The summed E-state index contributed by atoms with van der Waals surface area (Å²) in [5.41, 5.74) is 10.8. The van der Waals surface area contributed by atoms with Crippen LogP contribution in [0.1, 0.15) is 48.3 Å². The Kier molecular flexibility index (Phi) is 8.27. The molecule has 1 aliphatic heterocycles. The zero-order valence-electron chi connectivity index (χ0n) is 22.4. The first-order chi connectivity index (χ1) is 19.0. The maximum Gasteiger partial charge on any atom is 0.318 e. The lowest BCUT2D eigenvalue weighted by Crippen LogP contribution is -2.53. The predicted octanol–water partition coefficient (Wildman–Crippen LogP) is 5.37. The number of aromatic amines is 1. The highest BCUT2D eigenvalue weighted by molar-refractivity contribution is 5.99. The molecular weight excluding hydrogens is 486 g/mol. The minimum absolute atomic E-state index is 0.205. The van der Waals surface area contributed by atoms with E-state index < -0.39 is 6.04 Å². The van der Waals surface area contributed by atoms with Gasteiger partial charge in [-0.1, -0.05) is 73.7 Å². The fourth-order valence-corrected chi connectivity index (χ4v) is 5.66. The second-order valence-electron chi connectivity index (χ2n) is 10.4. The van der Waals surface area contributed by atoms with Crippen molar-refractivity contribution < 1.29 is 9.59 Å². The van der Waals surface area contributed by atoms with Gasteiger partial charge in [-0.05, 0) is 60.5 Å². The van der Waals surface area contributed by atoms with Crippen molar-refractivity contribution in [3.05, 3.63) is 102 Å². The number of aromatic nitrogens is 1. The molecule has 0 spiro atoms. The molecule has 0 aliphatic carbocycles. The number of nitrogens with zero attached hydrogens (tertiary/aromatic N) is 1. The summed E-state index contributed by atoms with van der Waals surface area (Å²) in [6, 6.07) is 25.2. The number of likely N-dealkylation sites (tertiary alicyclic amines) is 1. The van der Waals surface area contributed by atoms with Crippen LogP contribution in [0, 0.1) is 0 Å². The van der Waals surface area contributed by atoms with Crippen molar-refractivity contribution in [2.24, 2.45) is 5.73 Å². The first kappa shape index (κ1) is 26.5. The van der Waals surface area contributed by atoms with Crippen LogP contribution in [0.2, 0.25) is 0 Å². The highest BCUT2D eigenvalue weighted by Gasteiger charge is 2.32. The van der Waals surface area contributed by atoms with E-state index in [0.717, 1.165) is 40.6 Å². The van der Waals surface area contributed by atoms with Crippen LogP contribution in [0.3, 0.4) is 0 Å². The molecule has 7 nitrogen and oxygen atoms in total. The van der Waals surface area contributed by atoms with Gasteiger partial charge in [0.25, 0.3) is 0 Å². The van der Waals surface area contributed by atoms with Gasteiger partial charge in [0.05, 0.1) is 0 Å². The number of para-hydroxylation sites is 2. The van der Waals surface area contributed by atoms with Crippen molar-refractivity contribution in [3.8, 4) is 0 Å². The Morgan fingerprint density at radius 1 is 0.974 bits per heavy atom. The number of fused-ring (bicyclic) bond motifs is 1. The summed E-state index contributed by atoms with van der Waals surface area (Å²) in [5, 5.41) is 7.23. The fraction of sp³-hybridized carbons (Fsp3) is 0.312. The molecule has 5 rings (SSSR count). The molecule has 1 fully saturated rings. The molecule has 7 heteroatoms. The lowest BCUT2D eigenvalue weighted by atomic mass is 9.89. The average Bonchev–Trinajstić information content (AvgIpc) is 3.41. The van der Waals surface area contributed by atoms with E-state index in [1.807, 2.05) is 72.6 Å². The number of nitrogens with two attached hydrogens (primary N) is 1. The van der Waals surface area contributed by atoms with E-state index >= 15 is 0 Å². The third-order valence-corrected chi connectivity index (χ3v) is 7.92. The van der Waals surface area contributed by atoms with E-state index in [2.05, 4.69) is 39.9 Å². The van der Waals surface area contributed by atoms with Crippen molar-refractivity contribution in [1.82, 2.24) is 15.2 Å². The summed E-state index contributed by atoms with van der Waals surface area (Å²) in [6.45, 7) is 3.78. The van der Waals surface area contributed by atoms with Gasteiger partial charge in [-0.2, -0.15) is 0 Å². The number of urea groups is 1. The number of anilines is 1. The molecule has 0 unspecified atom stereocenters. The molecule has 3 amide bonds. The van der Waals surface area contributed by atoms with Gasteiger partial charge in [0.1, 0.15) is 6.04 Å². The number of piperidine rings is 1. The van der Waals surface area contributed by atoms with E-state index in [1.54, 1.807) is 0 Å². The number of carbonyl (C=O) groups is 2. The van der Waals surface area contributed by atoms with Crippen molar-refractivity contribution in [3.63, 3.8) is 0 Å². The van der Waals surface area contributed by atoms with Gasteiger partial charge in [-0.3, -0.25) is 4.79 Å².